The number of aryl methyl sites for hydroxylation is 1. The van der Waals surface area contributed by atoms with Crippen molar-refractivity contribution < 1.29 is 0 Å². The maximum atomic E-state index is 8.43. The predicted molar refractivity (Wildman–Crippen MR) is 33.6 cm³/mol. The van der Waals surface area contributed by atoms with Crippen molar-refractivity contribution in [1.82, 2.24) is 0 Å². The Morgan fingerprint density at radius 3 is 2.56 bits per heavy atom. The van der Waals surface area contributed by atoms with Gasteiger partial charge in [0.15, 0.2) is 0 Å². The summed E-state index contributed by atoms with van der Waals surface area (Å²) in [5.41, 5.74) is 1.63. The molecule has 0 saturated heterocycles. The highest BCUT2D eigenvalue weighted by atomic mass is 14.2. The monoisotopic (exact) mass is 115 g/mol. The van der Waals surface area contributed by atoms with Crippen molar-refractivity contribution in [3.8, 4) is 6.07 Å². The zero-order valence-corrected chi connectivity index (χ0v) is 5.10. The minimum atomic E-state index is 0.675. The third kappa shape index (κ3) is 1.01. The largest absolute Gasteiger partial charge is 0.192 e. The first kappa shape index (κ1) is 5.66. The van der Waals surface area contributed by atoms with E-state index in [1.807, 2.05) is 13.0 Å². The molecule has 0 N–H and O–H groups in total. The molecule has 0 aliphatic carbocycles. The summed E-state index contributed by atoms with van der Waals surface area (Å²) in [6, 6.07) is 10.9. The van der Waals surface area contributed by atoms with E-state index in [0.29, 0.717) is 5.56 Å². The Bertz CT molecular complexity index is 245. The van der Waals surface area contributed by atoms with E-state index in [4.69, 9.17) is 5.26 Å². The Balaban J connectivity index is 3.20. The minimum Gasteiger partial charge on any atom is -0.192 e. The third-order valence-corrected chi connectivity index (χ3v) is 1.13. The van der Waals surface area contributed by atoms with Crippen LogP contribution in [0.5, 0.6) is 0 Å². The van der Waals surface area contributed by atoms with Crippen molar-refractivity contribution in [2.45, 2.75) is 6.92 Å². The van der Waals surface area contributed by atoms with Crippen LogP contribution in [-0.2, 0) is 0 Å². The number of nitriles is 1. The van der Waals surface area contributed by atoms with Crippen molar-refractivity contribution in [2.75, 3.05) is 0 Å². The van der Waals surface area contributed by atoms with Crippen LogP contribution in [0.25, 0.3) is 0 Å². The highest BCUT2D eigenvalue weighted by Crippen LogP contribution is 1.99. The summed E-state index contributed by atoms with van der Waals surface area (Å²) in [7, 11) is 0. The van der Waals surface area contributed by atoms with E-state index in [1.165, 1.54) is 0 Å². The average molecular weight is 115 g/mol. The van der Waals surface area contributed by atoms with Crippen molar-refractivity contribution in [2.24, 2.45) is 0 Å². The molecular formula is C8H5N. The van der Waals surface area contributed by atoms with E-state index < -0.39 is 0 Å². The minimum absolute atomic E-state index is 0.675. The highest BCUT2D eigenvalue weighted by Gasteiger charge is 1.89. The first-order chi connectivity index (χ1) is 4.34. The molecule has 0 radical (unpaired) electrons. The molecular weight excluding hydrogens is 110 g/mol. The molecule has 1 nitrogen and oxygen atoms in total. The van der Waals surface area contributed by atoms with Gasteiger partial charge in [-0.3, -0.25) is 0 Å². The van der Waals surface area contributed by atoms with Gasteiger partial charge in [-0.2, -0.15) is 5.26 Å². The molecule has 0 amide bonds. The van der Waals surface area contributed by atoms with Crippen molar-refractivity contribution in [3.05, 3.63) is 35.4 Å². The molecule has 0 aliphatic heterocycles. The molecule has 0 aliphatic rings. The van der Waals surface area contributed by atoms with Crippen LogP contribution in [0.1, 0.15) is 11.1 Å². The van der Waals surface area contributed by atoms with Gasteiger partial charge in [-0.1, -0.05) is 12.1 Å². The second-order valence-electron chi connectivity index (χ2n) is 1.79. The Kier molecular flexibility index (Phi) is 1.38. The average Bonchev–Trinajstić information content (AvgIpc) is 1.89. The number of hydrogen-bond acceptors (Lipinski definition) is 1. The van der Waals surface area contributed by atoms with E-state index in [2.05, 4.69) is 12.1 Å². The summed E-state index contributed by atoms with van der Waals surface area (Å²) < 4.78 is 0. The highest BCUT2D eigenvalue weighted by molar-refractivity contribution is 5.33. The first-order valence-corrected chi connectivity index (χ1v) is 2.63. The lowest BCUT2D eigenvalue weighted by Crippen LogP contribution is -1.75. The quantitative estimate of drug-likeness (QED) is 0.502. The molecule has 0 heterocycles. The Morgan fingerprint density at radius 2 is 2.11 bits per heavy atom. The maximum absolute atomic E-state index is 8.43. The van der Waals surface area contributed by atoms with Crippen LogP contribution in [0.4, 0.5) is 0 Å². The van der Waals surface area contributed by atoms with Crippen LogP contribution < -0.4 is 0 Å². The zero-order chi connectivity index (χ0) is 6.69. The normalized spacial score (nSPS) is 7.56. The summed E-state index contributed by atoms with van der Waals surface area (Å²) in [5, 5.41) is 8.43. The van der Waals surface area contributed by atoms with Gasteiger partial charge in [-0.05, 0) is 18.6 Å². The summed E-state index contributed by atoms with van der Waals surface area (Å²) in [4.78, 5) is 0. The van der Waals surface area contributed by atoms with Gasteiger partial charge in [0.25, 0.3) is 0 Å². The van der Waals surface area contributed by atoms with Crippen LogP contribution in [-0.4, -0.2) is 0 Å². The second-order valence-corrected chi connectivity index (χ2v) is 1.79. The fourth-order valence-corrected chi connectivity index (χ4v) is 0.576. The van der Waals surface area contributed by atoms with Gasteiger partial charge >= 0.3 is 0 Å². The molecule has 0 atom stereocenters. The molecule has 0 bridgehead atoms. The first-order valence-electron chi connectivity index (χ1n) is 2.63. The zero-order valence-electron chi connectivity index (χ0n) is 5.10. The maximum Gasteiger partial charge on any atom is 0.100 e. The van der Waals surface area contributed by atoms with E-state index >= 15 is 0 Å². The summed E-state index contributed by atoms with van der Waals surface area (Å²) in [6.07, 6.45) is 0. The summed E-state index contributed by atoms with van der Waals surface area (Å²) in [6.45, 7) is 1.88. The molecule has 1 rings (SSSR count). The molecule has 0 unspecified atom stereocenters. The van der Waals surface area contributed by atoms with E-state index in [9.17, 15) is 0 Å². The van der Waals surface area contributed by atoms with Gasteiger partial charge in [-0.25, -0.2) is 0 Å². The van der Waals surface area contributed by atoms with Gasteiger partial charge in [-0.15, -0.1) is 0 Å². The van der Waals surface area contributed by atoms with Crippen LogP contribution in [0, 0.1) is 30.4 Å². The molecule has 0 aromatic heterocycles. The number of nitrogens with zero attached hydrogens (tertiary/aromatic N) is 1. The SMILES string of the molecule is Cc1cc#ccc1C#N. The molecule has 9 heavy (non-hydrogen) atoms. The van der Waals surface area contributed by atoms with E-state index in [-0.39, 0.29) is 0 Å². The standard InChI is InChI=1S/C8H5N/c1-7-4-2-3-5-8(7)6-9/h4-5H,1H3. The Morgan fingerprint density at radius 1 is 1.44 bits per heavy atom. The fourth-order valence-electron chi connectivity index (χ4n) is 0.576. The molecule has 42 valence electrons. The molecule has 1 heteroatoms. The van der Waals surface area contributed by atoms with Crippen LogP contribution in [0.2, 0.25) is 0 Å². The van der Waals surface area contributed by atoms with Crippen molar-refractivity contribution in [3.63, 3.8) is 0 Å². The number of hydrogen-bond donors (Lipinski definition) is 0. The lowest BCUT2D eigenvalue weighted by atomic mass is 10.1. The molecule has 0 fully saturated rings. The molecule has 1 aromatic rings. The third-order valence-electron chi connectivity index (χ3n) is 1.13. The number of rotatable bonds is 0. The van der Waals surface area contributed by atoms with Gasteiger partial charge in [0.05, 0.1) is 5.56 Å². The van der Waals surface area contributed by atoms with E-state index in [1.54, 1.807) is 12.1 Å². The van der Waals surface area contributed by atoms with Crippen LogP contribution in [0.3, 0.4) is 0 Å². The molecule has 0 spiro atoms. The smallest absolute Gasteiger partial charge is 0.100 e. The lowest BCUT2D eigenvalue weighted by Gasteiger charge is -1.86. The van der Waals surface area contributed by atoms with Crippen molar-refractivity contribution >= 4 is 0 Å². The Labute approximate surface area is 54.6 Å². The fraction of sp³-hybridized carbons (Fsp3) is 0.125. The predicted octanol–water partition coefficient (Wildman–Crippen LogP) is 1.47. The summed E-state index contributed by atoms with van der Waals surface area (Å²) in [5.74, 6) is 0. The van der Waals surface area contributed by atoms with Gasteiger partial charge in [0.2, 0.25) is 0 Å². The van der Waals surface area contributed by atoms with E-state index in [0.717, 1.165) is 5.56 Å². The second kappa shape index (κ2) is 2.20. The van der Waals surface area contributed by atoms with Crippen LogP contribution >= 0.6 is 0 Å². The van der Waals surface area contributed by atoms with Gasteiger partial charge < -0.3 is 0 Å². The molecule has 1 aromatic carbocycles. The van der Waals surface area contributed by atoms with Crippen molar-refractivity contribution in [1.29, 1.82) is 5.26 Å². The van der Waals surface area contributed by atoms with Gasteiger partial charge in [0, 0.05) is 6.07 Å². The van der Waals surface area contributed by atoms with Gasteiger partial charge in [0.1, 0.15) is 6.07 Å². The topological polar surface area (TPSA) is 23.8 Å². The Hall–Kier alpha value is -1.47. The van der Waals surface area contributed by atoms with Crippen LogP contribution in [0.15, 0.2) is 12.1 Å². The lowest BCUT2D eigenvalue weighted by molar-refractivity contribution is 1.40. The molecule has 0 saturated carbocycles. The summed E-state index contributed by atoms with van der Waals surface area (Å²) >= 11 is 0.